The average Bonchev–Trinajstić information content (AvgIpc) is 2.29. The first-order valence-electron chi connectivity index (χ1n) is 6.01. The Morgan fingerprint density at radius 2 is 1.94 bits per heavy atom. The van der Waals surface area contributed by atoms with Crippen LogP contribution in [-0.4, -0.2) is 17.6 Å². The van der Waals surface area contributed by atoms with Crippen LogP contribution in [0.2, 0.25) is 0 Å². The molecule has 0 heterocycles. The summed E-state index contributed by atoms with van der Waals surface area (Å²) in [5, 5.41) is 12.0. The molecular formula is C13H21ClN2O2. The number of nitrogens with one attached hydrogen (secondary N) is 1. The number of hydrogen-bond donors (Lipinski definition) is 3. The molecule has 1 rings (SSSR count). The largest absolute Gasteiger partial charge is 0.508 e. The van der Waals surface area contributed by atoms with Crippen LogP contribution in [0.5, 0.6) is 5.75 Å². The number of rotatable bonds is 7. The maximum Gasteiger partial charge on any atom is 0.224 e. The van der Waals surface area contributed by atoms with E-state index in [0.29, 0.717) is 12.1 Å². The highest BCUT2D eigenvalue weighted by atomic mass is 35.5. The molecule has 0 aliphatic rings. The summed E-state index contributed by atoms with van der Waals surface area (Å²) in [5.41, 5.74) is 6.02. The van der Waals surface area contributed by atoms with Crippen LogP contribution >= 0.6 is 12.4 Å². The lowest BCUT2D eigenvalue weighted by molar-refractivity contribution is -0.116. The van der Waals surface area contributed by atoms with E-state index in [2.05, 4.69) is 5.32 Å². The Hall–Kier alpha value is -1.26. The van der Waals surface area contributed by atoms with Crippen molar-refractivity contribution in [1.29, 1.82) is 0 Å². The SMILES string of the molecule is Cl.NCCCCCCC(=O)Nc1cccc(O)c1. The number of aromatic hydroxyl groups is 1. The molecule has 18 heavy (non-hydrogen) atoms. The minimum atomic E-state index is -0.0108. The van der Waals surface area contributed by atoms with Crippen molar-refractivity contribution in [3.05, 3.63) is 24.3 Å². The molecule has 0 aromatic heterocycles. The van der Waals surface area contributed by atoms with Crippen molar-refractivity contribution in [2.24, 2.45) is 5.73 Å². The number of nitrogens with two attached hydrogens (primary N) is 1. The predicted molar refractivity (Wildman–Crippen MR) is 76.1 cm³/mol. The van der Waals surface area contributed by atoms with Crippen LogP contribution in [0, 0.1) is 0 Å². The highest BCUT2D eigenvalue weighted by Crippen LogP contribution is 2.15. The summed E-state index contributed by atoms with van der Waals surface area (Å²) in [6.07, 6.45) is 4.53. The van der Waals surface area contributed by atoms with E-state index in [9.17, 15) is 9.90 Å². The molecule has 0 bridgehead atoms. The van der Waals surface area contributed by atoms with Gasteiger partial charge in [0.05, 0.1) is 0 Å². The molecule has 0 unspecified atom stereocenters. The molecule has 4 nitrogen and oxygen atoms in total. The number of anilines is 1. The normalized spacial score (nSPS) is 9.61. The van der Waals surface area contributed by atoms with Crippen LogP contribution in [0.4, 0.5) is 5.69 Å². The molecule has 0 atom stereocenters. The van der Waals surface area contributed by atoms with Gasteiger partial charge >= 0.3 is 0 Å². The van der Waals surface area contributed by atoms with Gasteiger partial charge in [0, 0.05) is 18.2 Å². The maximum absolute atomic E-state index is 11.5. The van der Waals surface area contributed by atoms with E-state index in [4.69, 9.17) is 5.73 Å². The fourth-order valence-electron chi connectivity index (χ4n) is 1.59. The van der Waals surface area contributed by atoms with Gasteiger partial charge in [-0.1, -0.05) is 18.9 Å². The fourth-order valence-corrected chi connectivity index (χ4v) is 1.59. The third-order valence-corrected chi connectivity index (χ3v) is 2.49. The smallest absolute Gasteiger partial charge is 0.224 e. The van der Waals surface area contributed by atoms with Gasteiger partial charge < -0.3 is 16.2 Å². The van der Waals surface area contributed by atoms with Gasteiger partial charge in [0.15, 0.2) is 0 Å². The molecule has 0 spiro atoms. The van der Waals surface area contributed by atoms with Crippen LogP contribution < -0.4 is 11.1 Å². The Morgan fingerprint density at radius 3 is 2.61 bits per heavy atom. The Balaban J connectivity index is 0.00000289. The summed E-state index contributed by atoms with van der Waals surface area (Å²) in [7, 11) is 0. The number of halogens is 1. The number of benzene rings is 1. The van der Waals surface area contributed by atoms with Crippen LogP contribution in [0.3, 0.4) is 0 Å². The molecule has 0 saturated heterocycles. The molecule has 5 heteroatoms. The number of phenols is 1. The van der Waals surface area contributed by atoms with Gasteiger partial charge in [-0.2, -0.15) is 0 Å². The lowest BCUT2D eigenvalue weighted by Gasteiger charge is -2.05. The number of carbonyl (C=O) groups excluding carboxylic acids is 1. The lowest BCUT2D eigenvalue weighted by Crippen LogP contribution is -2.10. The molecule has 102 valence electrons. The van der Waals surface area contributed by atoms with E-state index >= 15 is 0 Å². The molecule has 0 fully saturated rings. The zero-order valence-electron chi connectivity index (χ0n) is 10.4. The first kappa shape index (κ1) is 16.7. The van der Waals surface area contributed by atoms with E-state index in [1.807, 2.05) is 0 Å². The predicted octanol–water partition coefficient (Wildman–Crippen LogP) is 2.66. The van der Waals surface area contributed by atoms with Gasteiger partial charge in [-0.15, -0.1) is 12.4 Å². The van der Waals surface area contributed by atoms with Gasteiger partial charge in [0.1, 0.15) is 5.75 Å². The molecule has 1 aromatic carbocycles. The minimum absolute atomic E-state index is 0. The van der Waals surface area contributed by atoms with Crippen molar-refractivity contribution >= 4 is 24.0 Å². The number of phenolic OH excluding ortho intramolecular Hbond substituents is 1. The molecule has 4 N–H and O–H groups in total. The minimum Gasteiger partial charge on any atom is -0.508 e. The second-order valence-electron chi connectivity index (χ2n) is 4.05. The Morgan fingerprint density at radius 1 is 1.22 bits per heavy atom. The van der Waals surface area contributed by atoms with Crippen LogP contribution in [-0.2, 0) is 4.79 Å². The van der Waals surface area contributed by atoms with Gasteiger partial charge in [-0.05, 0) is 31.5 Å². The van der Waals surface area contributed by atoms with Crippen LogP contribution in [0.1, 0.15) is 32.1 Å². The summed E-state index contributed by atoms with van der Waals surface area (Å²) in [6, 6.07) is 6.56. The quantitative estimate of drug-likeness (QED) is 0.668. The number of unbranched alkanes of at least 4 members (excludes halogenated alkanes) is 3. The van der Waals surface area contributed by atoms with Gasteiger partial charge in [-0.3, -0.25) is 4.79 Å². The zero-order valence-corrected chi connectivity index (χ0v) is 11.2. The number of carbonyl (C=O) groups is 1. The Labute approximate surface area is 114 Å². The second kappa shape index (κ2) is 9.74. The first-order valence-corrected chi connectivity index (χ1v) is 6.01. The average molecular weight is 273 g/mol. The van der Waals surface area contributed by atoms with E-state index in [1.54, 1.807) is 18.2 Å². The van der Waals surface area contributed by atoms with Gasteiger partial charge in [0.2, 0.25) is 5.91 Å². The molecule has 1 amide bonds. The summed E-state index contributed by atoms with van der Waals surface area (Å²) in [4.78, 5) is 11.5. The second-order valence-corrected chi connectivity index (χ2v) is 4.05. The summed E-state index contributed by atoms with van der Waals surface area (Å²) >= 11 is 0. The van der Waals surface area contributed by atoms with E-state index in [1.165, 1.54) is 6.07 Å². The topological polar surface area (TPSA) is 75.4 Å². The van der Waals surface area contributed by atoms with Crippen molar-refractivity contribution in [1.82, 2.24) is 0 Å². The summed E-state index contributed by atoms with van der Waals surface area (Å²) in [5.74, 6) is 0.147. The molecule has 0 saturated carbocycles. The molecule has 0 radical (unpaired) electrons. The Bertz CT molecular complexity index is 359. The summed E-state index contributed by atoms with van der Waals surface area (Å²) in [6.45, 7) is 0.718. The van der Waals surface area contributed by atoms with E-state index < -0.39 is 0 Å². The van der Waals surface area contributed by atoms with Crippen molar-refractivity contribution in [3.8, 4) is 5.75 Å². The van der Waals surface area contributed by atoms with Gasteiger partial charge in [-0.25, -0.2) is 0 Å². The van der Waals surface area contributed by atoms with E-state index in [-0.39, 0.29) is 24.1 Å². The number of hydrogen-bond acceptors (Lipinski definition) is 3. The monoisotopic (exact) mass is 272 g/mol. The standard InChI is InChI=1S/C13H20N2O2.ClH/c14-9-4-2-1-3-8-13(17)15-11-6-5-7-12(16)10-11;/h5-7,10,16H,1-4,8-9,14H2,(H,15,17);1H. The van der Waals surface area contributed by atoms with Crippen molar-refractivity contribution in [2.45, 2.75) is 32.1 Å². The van der Waals surface area contributed by atoms with Gasteiger partial charge in [0.25, 0.3) is 0 Å². The van der Waals surface area contributed by atoms with Crippen molar-refractivity contribution in [2.75, 3.05) is 11.9 Å². The van der Waals surface area contributed by atoms with Crippen molar-refractivity contribution in [3.63, 3.8) is 0 Å². The first-order chi connectivity index (χ1) is 8.22. The molecule has 0 aliphatic carbocycles. The fraction of sp³-hybridized carbons (Fsp3) is 0.462. The highest BCUT2D eigenvalue weighted by Gasteiger charge is 2.02. The highest BCUT2D eigenvalue weighted by molar-refractivity contribution is 5.90. The van der Waals surface area contributed by atoms with Crippen LogP contribution in [0.15, 0.2) is 24.3 Å². The molecule has 0 aliphatic heterocycles. The summed E-state index contributed by atoms with van der Waals surface area (Å²) < 4.78 is 0. The maximum atomic E-state index is 11.5. The zero-order chi connectivity index (χ0) is 12.5. The van der Waals surface area contributed by atoms with Crippen LogP contribution in [0.25, 0.3) is 0 Å². The Kier molecular flexibility index (Phi) is 9.06. The van der Waals surface area contributed by atoms with Crippen molar-refractivity contribution < 1.29 is 9.90 Å². The molecular weight excluding hydrogens is 252 g/mol. The third-order valence-electron chi connectivity index (χ3n) is 2.49. The molecule has 1 aromatic rings. The third kappa shape index (κ3) is 7.14. The lowest BCUT2D eigenvalue weighted by atomic mass is 10.1. The van der Waals surface area contributed by atoms with E-state index in [0.717, 1.165) is 32.2 Å². The number of amides is 1.